The van der Waals surface area contributed by atoms with Gasteiger partial charge in [0.15, 0.2) is 0 Å². The zero-order chi connectivity index (χ0) is 12.1. The van der Waals surface area contributed by atoms with E-state index in [1.54, 1.807) is 0 Å². The number of carbonyl (C=O) groups is 1. The third-order valence-corrected chi connectivity index (χ3v) is 4.10. The van der Waals surface area contributed by atoms with Gasteiger partial charge in [-0.25, -0.2) is 0 Å². The van der Waals surface area contributed by atoms with E-state index in [4.69, 9.17) is 0 Å². The van der Waals surface area contributed by atoms with Gasteiger partial charge in [0.25, 0.3) is 0 Å². The summed E-state index contributed by atoms with van der Waals surface area (Å²) in [4.78, 5) is 11.9. The maximum atomic E-state index is 11.9. The van der Waals surface area contributed by atoms with Crippen LogP contribution in [0.25, 0.3) is 0 Å². The molecule has 0 heterocycles. The molecule has 0 spiro atoms. The van der Waals surface area contributed by atoms with Gasteiger partial charge in [0.2, 0.25) is 5.91 Å². The molecule has 1 rings (SSSR count). The second-order valence-corrected chi connectivity index (χ2v) is 5.86. The Hall–Kier alpha value is -0.530. The molecule has 0 aromatic rings. The molecule has 0 bridgehead atoms. The van der Waals surface area contributed by atoms with Crippen LogP contribution in [0.15, 0.2) is 0 Å². The summed E-state index contributed by atoms with van der Waals surface area (Å²) in [7, 11) is 0. The quantitative estimate of drug-likeness (QED) is 0.781. The lowest BCUT2D eigenvalue weighted by molar-refractivity contribution is -0.123. The molecule has 0 saturated heterocycles. The molecule has 0 aromatic carbocycles. The fraction of sp³-hybridized carbons (Fsp3) is 0.929. The average Bonchev–Trinajstić information content (AvgIpc) is 2.21. The van der Waals surface area contributed by atoms with Gasteiger partial charge in [-0.05, 0) is 30.6 Å². The first-order chi connectivity index (χ1) is 7.50. The normalized spacial score (nSPS) is 27.8. The molecular formula is C14H27NO. The zero-order valence-corrected chi connectivity index (χ0v) is 11.3. The highest BCUT2D eigenvalue weighted by atomic mass is 16.1. The van der Waals surface area contributed by atoms with E-state index in [2.05, 4.69) is 33.0 Å². The van der Waals surface area contributed by atoms with Crippen molar-refractivity contribution in [2.24, 2.45) is 17.8 Å². The van der Waals surface area contributed by atoms with Gasteiger partial charge in [-0.2, -0.15) is 0 Å². The van der Waals surface area contributed by atoms with Gasteiger partial charge >= 0.3 is 0 Å². The van der Waals surface area contributed by atoms with Crippen LogP contribution in [0.4, 0.5) is 0 Å². The van der Waals surface area contributed by atoms with Crippen molar-refractivity contribution in [2.45, 2.75) is 65.8 Å². The topological polar surface area (TPSA) is 29.1 Å². The predicted octanol–water partition coefficient (Wildman–Crippen LogP) is 3.36. The molecule has 1 fully saturated rings. The van der Waals surface area contributed by atoms with Gasteiger partial charge in [0.1, 0.15) is 0 Å². The molecule has 1 N–H and O–H groups in total. The number of rotatable bonds is 4. The number of hydrogen-bond donors (Lipinski definition) is 1. The van der Waals surface area contributed by atoms with E-state index >= 15 is 0 Å². The summed E-state index contributed by atoms with van der Waals surface area (Å²) >= 11 is 0. The van der Waals surface area contributed by atoms with Crippen LogP contribution < -0.4 is 5.32 Å². The van der Waals surface area contributed by atoms with E-state index in [1.807, 2.05) is 0 Å². The minimum absolute atomic E-state index is 0.250. The van der Waals surface area contributed by atoms with Gasteiger partial charge in [0, 0.05) is 12.5 Å². The van der Waals surface area contributed by atoms with Crippen LogP contribution in [0, 0.1) is 17.8 Å². The van der Waals surface area contributed by atoms with Crippen LogP contribution in [-0.2, 0) is 4.79 Å². The summed E-state index contributed by atoms with van der Waals surface area (Å²) in [5, 5.41) is 3.22. The van der Waals surface area contributed by atoms with Crippen molar-refractivity contribution in [1.29, 1.82) is 0 Å². The minimum Gasteiger partial charge on any atom is -0.353 e. The largest absolute Gasteiger partial charge is 0.353 e. The number of amides is 1. The summed E-state index contributed by atoms with van der Waals surface area (Å²) in [5.74, 6) is 1.99. The van der Waals surface area contributed by atoms with Crippen molar-refractivity contribution in [3.8, 4) is 0 Å². The Labute approximate surface area is 100 Å². The lowest BCUT2D eigenvalue weighted by atomic mass is 9.85. The molecule has 0 aromatic heterocycles. The Balaban J connectivity index is 2.32. The summed E-state index contributed by atoms with van der Waals surface area (Å²) in [6.45, 7) is 8.78. The third-order valence-electron chi connectivity index (χ3n) is 4.10. The van der Waals surface area contributed by atoms with Crippen LogP contribution >= 0.6 is 0 Å². The molecule has 0 aliphatic heterocycles. The predicted molar refractivity (Wildman–Crippen MR) is 68.2 cm³/mol. The van der Waals surface area contributed by atoms with Gasteiger partial charge in [-0.1, -0.05) is 40.5 Å². The molecule has 1 aliphatic carbocycles. The minimum atomic E-state index is 0.250. The van der Waals surface area contributed by atoms with E-state index in [0.717, 1.165) is 0 Å². The summed E-state index contributed by atoms with van der Waals surface area (Å²) < 4.78 is 0. The van der Waals surface area contributed by atoms with Crippen LogP contribution in [0.2, 0.25) is 0 Å². The summed E-state index contributed by atoms with van der Waals surface area (Å²) in [5.41, 5.74) is 0. The van der Waals surface area contributed by atoms with Crippen molar-refractivity contribution < 1.29 is 4.79 Å². The van der Waals surface area contributed by atoms with Gasteiger partial charge in [-0.15, -0.1) is 0 Å². The van der Waals surface area contributed by atoms with Gasteiger partial charge in [-0.3, -0.25) is 4.79 Å². The maximum Gasteiger partial charge on any atom is 0.220 e. The van der Waals surface area contributed by atoms with Crippen LogP contribution in [0.5, 0.6) is 0 Å². The SMILES string of the molecule is CC(C)[C@H](C)CC(=O)N[C@@H]1CCCC[C@@H]1C. The highest BCUT2D eigenvalue weighted by molar-refractivity contribution is 5.76. The maximum absolute atomic E-state index is 11.9. The van der Waals surface area contributed by atoms with Crippen LogP contribution in [-0.4, -0.2) is 11.9 Å². The molecule has 94 valence electrons. The van der Waals surface area contributed by atoms with Crippen LogP contribution in [0.1, 0.15) is 59.8 Å². The summed E-state index contributed by atoms with van der Waals surface area (Å²) in [6, 6.07) is 0.431. The smallest absolute Gasteiger partial charge is 0.220 e. The number of nitrogens with one attached hydrogen (secondary N) is 1. The van der Waals surface area contributed by atoms with Crippen molar-refractivity contribution in [1.82, 2.24) is 5.32 Å². The lowest BCUT2D eigenvalue weighted by Crippen LogP contribution is -2.41. The standard InChI is InChI=1S/C14H27NO/c1-10(2)12(4)9-14(16)15-13-8-6-5-7-11(13)3/h10-13H,5-9H2,1-4H3,(H,15,16)/t11-,12+,13+/m0/s1. The Morgan fingerprint density at radius 3 is 2.44 bits per heavy atom. The van der Waals surface area contributed by atoms with E-state index in [1.165, 1.54) is 25.7 Å². The van der Waals surface area contributed by atoms with E-state index in [9.17, 15) is 4.79 Å². The second-order valence-electron chi connectivity index (χ2n) is 5.86. The van der Waals surface area contributed by atoms with E-state index in [-0.39, 0.29) is 5.91 Å². The van der Waals surface area contributed by atoms with Gasteiger partial charge < -0.3 is 5.32 Å². The average molecular weight is 225 g/mol. The molecule has 2 nitrogen and oxygen atoms in total. The molecule has 2 heteroatoms. The fourth-order valence-electron chi connectivity index (χ4n) is 2.32. The number of hydrogen-bond acceptors (Lipinski definition) is 1. The molecular weight excluding hydrogens is 198 g/mol. The van der Waals surface area contributed by atoms with Crippen molar-refractivity contribution in [3.05, 3.63) is 0 Å². The monoisotopic (exact) mass is 225 g/mol. The van der Waals surface area contributed by atoms with Crippen molar-refractivity contribution >= 4 is 5.91 Å². The molecule has 0 unspecified atom stereocenters. The summed E-state index contributed by atoms with van der Waals surface area (Å²) in [6.07, 6.45) is 5.72. The zero-order valence-electron chi connectivity index (χ0n) is 11.3. The molecule has 16 heavy (non-hydrogen) atoms. The first kappa shape index (κ1) is 13.5. The Morgan fingerprint density at radius 1 is 1.25 bits per heavy atom. The fourth-order valence-corrected chi connectivity index (χ4v) is 2.32. The lowest BCUT2D eigenvalue weighted by Gasteiger charge is -2.30. The molecule has 1 saturated carbocycles. The van der Waals surface area contributed by atoms with E-state index < -0.39 is 0 Å². The molecule has 1 amide bonds. The molecule has 0 radical (unpaired) electrons. The van der Waals surface area contributed by atoms with Gasteiger partial charge in [0.05, 0.1) is 0 Å². The Morgan fingerprint density at radius 2 is 1.88 bits per heavy atom. The first-order valence-electron chi connectivity index (χ1n) is 6.80. The molecule has 3 atom stereocenters. The first-order valence-corrected chi connectivity index (χ1v) is 6.80. The van der Waals surface area contributed by atoms with Crippen molar-refractivity contribution in [3.63, 3.8) is 0 Å². The van der Waals surface area contributed by atoms with Crippen molar-refractivity contribution in [2.75, 3.05) is 0 Å². The second kappa shape index (κ2) is 6.27. The Bertz CT molecular complexity index is 225. The van der Waals surface area contributed by atoms with Crippen LogP contribution in [0.3, 0.4) is 0 Å². The Kier molecular flexibility index (Phi) is 5.30. The number of carbonyl (C=O) groups excluding carboxylic acids is 1. The molecule has 1 aliphatic rings. The third kappa shape index (κ3) is 4.15. The highest BCUT2D eigenvalue weighted by Gasteiger charge is 2.23. The highest BCUT2D eigenvalue weighted by Crippen LogP contribution is 2.24. The van der Waals surface area contributed by atoms with E-state index in [0.29, 0.717) is 30.2 Å².